The average Bonchev–Trinajstić information content (AvgIpc) is 2.93. The number of nitrogens with zero attached hydrogens (tertiary/aromatic N) is 2. The number of nitrogens with one attached hydrogen (secondary N) is 1. The van der Waals surface area contributed by atoms with Crippen LogP contribution in [-0.4, -0.2) is 40.7 Å². The highest BCUT2D eigenvalue weighted by Crippen LogP contribution is 2.16. The molecule has 0 spiro atoms. The Balaban J connectivity index is 1.76. The monoisotopic (exact) mass is 297 g/mol. The summed E-state index contributed by atoms with van der Waals surface area (Å²) in [5.41, 5.74) is 0.643. The highest BCUT2D eigenvalue weighted by Gasteiger charge is 2.29. The Hall–Kier alpha value is -1.14. The summed E-state index contributed by atoms with van der Waals surface area (Å²) in [7, 11) is 0. The van der Waals surface area contributed by atoms with Gasteiger partial charge in [-0.25, -0.2) is 9.78 Å². The molecule has 1 fully saturated rings. The van der Waals surface area contributed by atoms with Crippen molar-refractivity contribution in [3.05, 3.63) is 16.1 Å². The van der Waals surface area contributed by atoms with Crippen LogP contribution in [-0.2, 0) is 11.3 Å². The van der Waals surface area contributed by atoms with Crippen LogP contribution in [0.25, 0.3) is 0 Å². The maximum Gasteiger partial charge on any atom is 0.410 e. The lowest BCUT2D eigenvalue weighted by atomic mass is 10.2. The lowest BCUT2D eigenvalue weighted by molar-refractivity contribution is 0.0291. The van der Waals surface area contributed by atoms with Crippen LogP contribution in [0, 0.1) is 6.92 Å². The van der Waals surface area contributed by atoms with Crippen LogP contribution in [0.2, 0.25) is 0 Å². The second kappa shape index (κ2) is 6.10. The number of hydrogen-bond donors (Lipinski definition) is 1. The second-order valence-electron chi connectivity index (χ2n) is 6.15. The number of likely N-dealkylation sites (tertiary alicyclic amines) is 1. The van der Waals surface area contributed by atoms with Crippen molar-refractivity contribution in [2.24, 2.45) is 0 Å². The summed E-state index contributed by atoms with van der Waals surface area (Å²) in [5.74, 6) is 0. The molecule has 1 amide bonds. The third-order valence-electron chi connectivity index (χ3n) is 3.08. The smallest absolute Gasteiger partial charge is 0.410 e. The SMILES string of the molecule is Cc1nc(CNC2CCN(C(=O)OC(C)(C)C)C2)cs1. The molecular weight excluding hydrogens is 274 g/mol. The maximum atomic E-state index is 11.9. The van der Waals surface area contributed by atoms with Crippen molar-refractivity contribution in [1.82, 2.24) is 15.2 Å². The Labute approximate surface area is 124 Å². The van der Waals surface area contributed by atoms with Gasteiger partial charge in [-0.05, 0) is 34.1 Å². The largest absolute Gasteiger partial charge is 0.444 e. The van der Waals surface area contributed by atoms with E-state index < -0.39 is 5.60 Å². The first-order chi connectivity index (χ1) is 9.33. The first kappa shape index (κ1) is 15.3. The number of aryl methyl sites for hydroxylation is 1. The summed E-state index contributed by atoms with van der Waals surface area (Å²) >= 11 is 1.66. The molecule has 20 heavy (non-hydrogen) atoms. The van der Waals surface area contributed by atoms with Crippen molar-refractivity contribution in [2.75, 3.05) is 13.1 Å². The van der Waals surface area contributed by atoms with E-state index in [0.29, 0.717) is 12.6 Å². The normalized spacial score (nSPS) is 19.4. The number of rotatable bonds is 3. The minimum Gasteiger partial charge on any atom is -0.444 e. The van der Waals surface area contributed by atoms with Crippen LogP contribution in [0.5, 0.6) is 0 Å². The van der Waals surface area contributed by atoms with Crippen LogP contribution in [0.4, 0.5) is 4.79 Å². The van der Waals surface area contributed by atoms with Gasteiger partial charge in [0.1, 0.15) is 5.60 Å². The van der Waals surface area contributed by atoms with E-state index in [4.69, 9.17) is 4.74 Å². The van der Waals surface area contributed by atoms with E-state index in [1.165, 1.54) is 0 Å². The summed E-state index contributed by atoms with van der Waals surface area (Å²) in [4.78, 5) is 18.1. The zero-order valence-corrected chi connectivity index (χ0v) is 13.4. The summed E-state index contributed by atoms with van der Waals surface area (Å²) in [6.45, 7) is 9.90. The van der Waals surface area contributed by atoms with Crippen LogP contribution < -0.4 is 5.32 Å². The van der Waals surface area contributed by atoms with Gasteiger partial charge in [-0.3, -0.25) is 0 Å². The number of carbonyl (C=O) groups is 1. The van der Waals surface area contributed by atoms with Crippen LogP contribution in [0.15, 0.2) is 5.38 Å². The lowest BCUT2D eigenvalue weighted by Gasteiger charge is -2.24. The number of ether oxygens (including phenoxy) is 1. The van der Waals surface area contributed by atoms with Gasteiger partial charge in [-0.2, -0.15) is 0 Å². The Morgan fingerprint density at radius 1 is 1.60 bits per heavy atom. The number of aromatic nitrogens is 1. The molecule has 0 radical (unpaired) electrons. The van der Waals surface area contributed by atoms with Gasteiger partial charge < -0.3 is 15.0 Å². The zero-order chi connectivity index (χ0) is 14.8. The van der Waals surface area contributed by atoms with Crippen molar-refractivity contribution < 1.29 is 9.53 Å². The molecule has 0 saturated carbocycles. The molecule has 6 heteroatoms. The van der Waals surface area contributed by atoms with Gasteiger partial charge in [0.25, 0.3) is 0 Å². The predicted octanol–water partition coefficient (Wildman–Crippen LogP) is 2.55. The van der Waals surface area contributed by atoms with E-state index in [-0.39, 0.29) is 6.09 Å². The Bertz CT molecular complexity index is 467. The first-order valence-corrected chi connectivity index (χ1v) is 7.84. The molecule has 1 aliphatic rings. The third kappa shape index (κ3) is 4.45. The minimum atomic E-state index is -0.430. The summed E-state index contributed by atoms with van der Waals surface area (Å²) in [5, 5.41) is 6.61. The van der Waals surface area contributed by atoms with Crippen molar-refractivity contribution in [1.29, 1.82) is 0 Å². The van der Waals surface area contributed by atoms with Crippen LogP contribution in [0.1, 0.15) is 37.9 Å². The number of thiazole rings is 1. The van der Waals surface area contributed by atoms with Gasteiger partial charge in [0, 0.05) is 31.1 Å². The fraction of sp³-hybridized carbons (Fsp3) is 0.714. The van der Waals surface area contributed by atoms with E-state index in [1.807, 2.05) is 27.7 Å². The fourth-order valence-electron chi connectivity index (χ4n) is 2.16. The number of carbonyl (C=O) groups excluding carboxylic acids is 1. The topological polar surface area (TPSA) is 54.5 Å². The molecule has 2 heterocycles. The molecule has 1 saturated heterocycles. The van der Waals surface area contributed by atoms with Crippen molar-refractivity contribution in [3.63, 3.8) is 0 Å². The van der Waals surface area contributed by atoms with Gasteiger partial charge in [-0.1, -0.05) is 0 Å². The standard InChI is InChI=1S/C14H23N3O2S/c1-10-16-12(9-20-10)7-15-11-5-6-17(8-11)13(18)19-14(2,3)4/h9,11,15H,5-8H2,1-4H3. The highest BCUT2D eigenvalue weighted by atomic mass is 32.1. The van der Waals surface area contributed by atoms with Gasteiger partial charge >= 0.3 is 6.09 Å². The van der Waals surface area contributed by atoms with Gasteiger partial charge in [0.15, 0.2) is 0 Å². The molecule has 1 atom stereocenters. The maximum absolute atomic E-state index is 11.9. The fourth-order valence-corrected chi connectivity index (χ4v) is 2.77. The second-order valence-corrected chi connectivity index (χ2v) is 7.21. The molecule has 112 valence electrons. The molecule has 0 aliphatic carbocycles. The highest BCUT2D eigenvalue weighted by molar-refractivity contribution is 7.09. The van der Waals surface area contributed by atoms with E-state index in [2.05, 4.69) is 15.7 Å². The average molecular weight is 297 g/mol. The molecule has 0 aromatic carbocycles. The van der Waals surface area contributed by atoms with E-state index in [9.17, 15) is 4.79 Å². The van der Waals surface area contributed by atoms with Crippen LogP contribution >= 0.6 is 11.3 Å². The Morgan fingerprint density at radius 2 is 2.35 bits per heavy atom. The number of hydrogen-bond acceptors (Lipinski definition) is 5. The van der Waals surface area contributed by atoms with Gasteiger partial charge in [0.2, 0.25) is 0 Å². The van der Waals surface area contributed by atoms with Gasteiger partial charge in [-0.15, -0.1) is 11.3 Å². The van der Waals surface area contributed by atoms with Crippen LogP contribution in [0.3, 0.4) is 0 Å². The molecule has 5 nitrogen and oxygen atoms in total. The van der Waals surface area contributed by atoms with Crippen molar-refractivity contribution in [2.45, 2.75) is 52.3 Å². The zero-order valence-electron chi connectivity index (χ0n) is 12.6. The molecular formula is C14H23N3O2S. The summed E-state index contributed by atoms with van der Waals surface area (Å²) in [6.07, 6.45) is 0.744. The summed E-state index contributed by atoms with van der Waals surface area (Å²) in [6, 6.07) is 0.324. The van der Waals surface area contributed by atoms with Crippen molar-refractivity contribution in [3.8, 4) is 0 Å². The summed E-state index contributed by atoms with van der Waals surface area (Å²) < 4.78 is 5.38. The molecule has 1 N–H and O–H groups in total. The predicted molar refractivity (Wildman–Crippen MR) is 79.9 cm³/mol. The van der Waals surface area contributed by atoms with E-state index in [0.717, 1.165) is 30.2 Å². The minimum absolute atomic E-state index is 0.216. The third-order valence-corrected chi connectivity index (χ3v) is 3.90. The molecule has 1 aromatic heterocycles. The molecule has 1 unspecified atom stereocenters. The van der Waals surface area contributed by atoms with E-state index in [1.54, 1.807) is 16.2 Å². The molecule has 1 aromatic rings. The Kier molecular flexibility index (Phi) is 4.65. The van der Waals surface area contributed by atoms with Crippen molar-refractivity contribution >= 4 is 17.4 Å². The Morgan fingerprint density at radius 3 is 2.95 bits per heavy atom. The molecule has 0 bridgehead atoms. The quantitative estimate of drug-likeness (QED) is 0.931. The molecule has 1 aliphatic heterocycles. The number of amides is 1. The molecule has 2 rings (SSSR count). The van der Waals surface area contributed by atoms with Gasteiger partial charge in [0.05, 0.1) is 10.7 Å². The first-order valence-electron chi connectivity index (χ1n) is 6.96. The lowest BCUT2D eigenvalue weighted by Crippen LogP contribution is -2.38. The van der Waals surface area contributed by atoms with E-state index >= 15 is 0 Å².